The highest BCUT2D eigenvalue weighted by atomic mass is 32.2. The lowest BCUT2D eigenvalue weighted by molar-refractivity contribution is -0.149. The van der Waals surface area contributed by atoms with E-state index in [2.05, 4.69) is 6.07 Å². The van der Waals surface area contributed by atoms with E-state index >= 15 is 0 Å². The molecule has 1 fully saturated rings. The van der Waals surface area contributed by atoms with Gasteiger partial charge in [0, 0.05) is 23.5 Å². The minimum Gasteiger partial charge on any atom is -0.493 e. The molecule has 2 heterocycles. The summed E-state index contributed by atoms with van der Waals surface area (Å²) in [6.45, 7) is 0. The molecule has 0 aliphatic carbocycles. The molecule has 33 heavy (non-hydrogen) atoms. The second-order valence-electron chi connectivity index (χ2n) is 7.57. The van der Waals surface area contributed by atoms with Gasteiger partial charge in [0.1, 0.15) is 0 Å². The number of nitriles is 1. The Bertz CT molecular complexity index is 1170. The Balaban J connectivity index is 1.82. The number of ether oxygens (including phenoxy) is 4. The first-order valence-electron chi connectivity index (χ1n) is 10.2. The smallest absolute Gasteiger partial charge is 0.231 e. The maximum Gasteiger partial charge on any atom is 0.231 e. The number of allylic oxidation sites excluding steroid dienone is 1. The third-order valence-electron chi connectivity index (χ3n) is 5.97. The van der Waals surface area contributed by atoms with Crippen LogP contribution < -0.4 is 18.9 Å². The van der Waals surface area contributed by atoms with Crippen LogP contribution in [-0.2, 0) is 10.5 Å². The number of para-hydroxylation sites is 1. The molecule has 2 atom stereocenters. The zero-order chi connectivity index (χ0) is 23.8. The first-order chi connectivity index (χ1) is 15.9. The second-order valence-corrected chi connectivity index (χ2v) is 8.54. The van der Waals surface area contributed by atoms with Crippen LogP contribution in [0.2, 0.25) is 0 Å². The Morgan fingerprint density at radius 3 is 2.42 bits per heavy atom. The predicted molar refractivity (Wildman–Crippen MR) is 122 cm³/mol. The number of hydrogen-bond donors (Lipinski definition) is 1. The van der Waals surface area contributed by atoms with Crippen LogP contribution in [0.1, 0.15) is 23.5 Å². The highest BCUT2D eigenvalue weighted by Crippen LogP contribution is 2.53. The third kappa shape index (κ3) is 3.56. The lowest BCUT2D eigenvalue weighted by Gasteiger charge is -2.38. The molecule has 0 saturated carbocycles. The van der Waals surface area contributed by atoms with Crippen LogP contribution >= 0.6 is 11.8 Å². The molecule has 0 radical (unpaired) electrons. The summed E-state index contributed by atoms with van der Waals surface area (Å²) in [6.07, 6.45) is 0.00603. The van der Waals surface area contributed by atoms with E-state index in [9.17, 15) is 15.2 Å². The van der Waals surface area contributed by atoms with Crippen LogP contribution in [0.3, 0.4) is 0 Å². The lowest BCUT2D eigenvalue weighted by atomic mass is 9.84. The van der Waals surface area contributed by atoms with Crippen molar-refractivity contribution in [3.8, 4) is 29.1 Å². The van der Waals surface area contributed by atoms with Gasteiger partial charge in [0.2, 0.25) is 5.91 Å². The lowest BCUT2D eigenvalue weighted by Crippen LogP contribution is -2.48. The van der Waals surface area contributed by atoms with Crippen molar-refractivity contribution in [2.24, 2.45) is 0 Å². The average molecular weight is 469 g/mol. The van der Waals surface area contributed by atoms with E-state index in [-0.39, 0.29) is 18.1 Å². The van der Waals surface area contributed by atoms with E-state index in [1.807, 2.05) is 6.07 Å². The Labute approximate surface area is 196 Å². The Hall–Kier alpha value is -3.35. The SMILES string of the molecule is COc1ccc([C@@]2(O)CSC3=C(C#N)[C@@H](c4cccc(OC)c4OC)CC(=O)N32)cc1OC. The molecule has 1 amide bonds. The Kier molecular flexibility index (Phi) is 6.15. The molecule has 9 heteroatoms. The van der Waals surface area contributed by atoms with E-state index in [0.717, 1.165) is 0 Å². The number of thioether (sulfide) groups is 1. The number of rotatable bonds is 6. The maximum atomic E-state index is 13.4. The van der Waals surface area contributed by atoms with Gasteiger partial charge in [-0.3, -0.25) is 9.69 Å². The summed E-state index contributed by atoms with van der Waals surface area (Å²) in [7, 11) is 6.10. The van der Waals surface area contributed by atoms with Gasteiger partial charge < -0.3 is 24.1 Å². The monoisotopic (exact) mass is 468 g/mol. The van der Waals surface area contributed by atoms with Gasteiger partial charge in [-0.2, -0.15) is 5.26 Å². The van der Waals surface area contributed by atoms with Crippen molar-refractivity contribution in [1.29, 1.82) is 5.26 Å². The molecule has 2 aliphatic heterocycles. The Morgan fingerprint density at radius 2 is 1.79 bits per heavy atom. The third-order valence-corrected chi connectivity index (χ3v) is 7.19. The topological polar surface area (TPSA) is 101 Å². The molecule has 8 nitrogen and oxygen atoms in total. The van der Waals surface area contributed by atoms with Crippen molar-refractivity contribution in [3.05, 3.63) is 58.1 Å². The highest BCUT2D eigenvalue weighted by molar-refractivity contribution is 8.03. The molecule has 1 saturated heterocycles. The fourth-order valence-corrected chi connectivity index (χ4v) is 5.74. The van der Waals surface area contributed by atoms with Gasteiger partial charge in [0.15, 0.2) is 28.7 Å². The number of hydrogen-bond acceptors (Lipinski definition) is 8. The van der Waals surface area contributed by atoms with Crippen LogP contribution in [-0.4, -0.2) is 50.1 Å². The molecule has 2 aliphatic rings. The summed E-state index contributed by atoms with van der Waals surface area (Å²) in [6, 6.07) is 12.7. The molecular weight excluding hydrogens is 444 g/mol. The molecule has 0 spiro atoms. The molecule has 2 aromatic rings. The second kappa shape index (κ2) is 8.89. The summed E-state index contributed by atoms with van der Waals surface area (Å²) in [5, 5.41) is 22.2. The minimum absolute atomic E-state index is 0.00603. The number of carbonyl (C=O) groups is 1. The fourth-order valence-electron chi connectivity index (χ4n) is 4.38. The van der Waals surface area contributed by atoms with Gasteiger partial charge in [-0.25, -0.2) is 0 Å². The zero-order valence-electron chi connectivity index (χ0n) is 18.7. The van der Waals surface area contributed by atoms with Crippen LogP contribution in [0.4, 0.5) is 0 Å². The predicted octanol–water partition coefficient (Wildman–Crippen LogP) is 3.36. The number of aliphatic hydroxyl groups is 1. The van der Waals surface area contributed by atoms with Crippen molar-refractivity contribution in [2.45, 2.75) is 18.1 Å². The number of carbonyl (C=O) groups excluding carboxylic acids is 1. The number of fused-ring (bicyclic) bond motifs is 1. The molecule has 0 bridgehead atoms. The molecule has 1 N–H and O–H groups in total. The standard InChI is InChI=1S/C24H24N2O6S/c1-29-18-9-8-14(10-20(18)31-3)24(28)13-33-23-17(12-25)16(11-21(27)26(23)24)15-6-5-7-19(30-2)22(15)32-4/h5-10,16,28H,11,13H2,1-4H3/t16-,24+/m1/s1. The summed E-state index contributed by atoms with van der Waals surface area (Å²) in [5.41, 5.74) is -0.0494. The molecule has 4 rings (SSSR count). The quantitative estimate of drug-likeness (QED) is 0.689. The van der Waals surface area contributed by atoms with Gasteiger partial charge in [-0.05, 0) is 18.2 Å². The van der Waals surface area contributed by atoms with E-state index < -0.39 is 11.6 Å². The molecule has 0 unspecified atom stereocenters. The zero-order valence-corrected chi connectivity index (χ0v) is 19.6. The van der Waals surface area contributed by atoms with Crippen LogP contribution in [0.25, 0.3) is 0 Å². The number of methoxy groups -OCH3 is 4. The van der Waals surface area contributed by atoms with E-state index in [0.29, 0.717) is 44.7 Å². The van der Waals surface area contributed by atoms with E-state index in [1.54, 1.807) is 30.3 Å². The van der Waals surface area contributed by atoms with Gasteiger partial charge in [0.05, 0.1) is 50.9 Å². The normalized spacial score (nSPS) is 22.0. The minimum atomic E-state index is -1.62. The summed E-state index contributed by atoms with van der Waals surface area (Å²) < 4.78 is 21.6. The largest absolute Gasteiger partial charge is 0.493 e. The van der Waals surface area contributed by atoms with Crippen LogP contribution in [0, 0.1) is 11.3 Å². The average Bonchev–Trinajstić information content (AvgIpc) is 3.21. The van der Waals surface area contributed by atoms with Crippen molar-refractivity contribution in [3.63, 3.8) is 0 Å². The van der Waals surface area contributed by atoms with Gasteiger partial charge in [0.25, 0.3) is 0 Å². The maximum absolute atomic E-state index is 13.4. The summed E-state index contributed by atoms with van der Waals surface area (Å²) >= 11 is 1.28. The summed E-state index contributed by atoms with van der Waals surface area (Å²) in [5.74, 6) is 1.33. The molecule has 2 aromatic carbocycles. The van der Waals surface area contributed by atoms with E-state index in [4.69, 9.17) is 18.9 Å². The van der Waals surface area contributed by atoms with Crippen LogP contribution in [0.15, 0.2) is 47.0 Å². The molecule has 0 aromatic heterocycles. The van der Waals surface area contributed by atoms with E-state index in [1.165, 1.54) is 45.1 Å². The first-order valence-corrected chi connectivity index (χ1v) is 11.2. The van der Waals surface area contributed by atoms with Crippen molar-refractivity contribution in [2.75, 3.05) is 34.2 Å². The summed E-state index contributed by atoms with van der Waals surface area (Å²) in [4.78, 5) is 14.8. The Morgan fingerprint density at radius 1 is 1.06 bits per heavy atom. The highest BCUT2D eigenvalue weighted by Gasteiger charge is 2.52. The number of nitrogens with zero attached hydrogens (tertiary/aromatic N) is 2. The van der Waals surface area contributed by atoms with Gasteiger partial charge >= 0.3 is 0 Å². The number of benzene rings is 2. The van der Waals surface area contributed by atoms with Crippen molar-refractivity contribution in [1.82, 2.24) is 4.90 Å². The first kappa shape index (κ1) is 22.8. The molecular formula is C24H24N2O6S. The van der Waals surface area contributed by atoms with Gasteiger partial charge in [-0.1, -0.05) is 18.2 Å². The van der Waals surface area contributed by atoms with Gasteiger partial charge in [-0.15, -0.1) is 11.8 Å². The van der Waals surface area contributed by atoms with Crippen LogP contribution in [0.5, 0.6) is 23.0 Å². The van der Waals surface area contributed by atoms with Crippen molar-refractivity contribution < 1.29 is 28.8 Å². The number of amides is 1. The fraction of sp³-hybridized carbons (Fsp3) is 0.333. The molecule has 172 valence electrons. The van der Waals surface area contributed by atoms with Crippen molar-refractivity contribution >= 4 is 17.7 Å².